The third-order valence-corrected chi connectivity index (χ3v) is 5.01. The van der Waals surface area contributed by atoms with Crippen molar-refractivity contribution < 1.29 is 23.8 Å². The maximum absolute atomic E-state index is 10.3. The molecule has 8 heteroatoms. The summed E-state index contributed by atoms with van der Waals surface area (Å²) in [6.07, 6.45) is -0.502. The molecule has 0 bridgehead atoms. The van der Waals surface area contributed by atoms with Crippen LogP contribution in [0.2, 0.25) is 0 Å². The molecule has 2 aliphatic heterocycles. The summed E-state index contributed by atoms with van der Waals surface area (Å²) in [5, 5.41) is 14.2. The van der Waals surface area contributed by atoms with Crippen molar-refractivity contribution in [2.75, 3.05) is 46.1 Å². The Labute approximate surface area is 164 Å². The van der Waals surface area contributed by atoms with Gasteiger partial charge < -0.3 is 23.8 Å². The molecule has 1 fully saturated rings. The Morgan fingerprint density at radius 3 is 2.68 bits per heavy atom. The van der Waals surface area contributed by atoms with Crippen molar-refractivity contribution in [3.8, 4) is 11.5 Å². The number of aryl methyl sites for hydroxylation is 1. The van der Waals surface area contributed by atoms with Gasteiger partial charge in [0.15, 0.2) is 17.3 Å². The maximum Gasteiger partial charge on any atom is 0.231 e. The van der Waals surface area contributed by atoms with E-state index in [1.165, 1.54) is 0 Å². The Hall–Kier alpha value is -2.13. The third kappa shape index (κ3) is 5.02. The lowest BCUT2D eigenvalue weighted by atomic mass is 10.2. The summed E-state index contributed by atoms with van der Waals surface area (Å²) in [4.78, 5) is 4.62. The molecule has 0 amide bonds. The van der Waals surface area contributed by atoms with Crippen molar-refractivity contribution in [2.24, 2.45) is 0 Å². The van der Waals surface area contributed by atoms with Crippen LogP contribution in [0.4, 0.5) is 0 Å². The lowest BCUT2D eigenvalue weighted by Crippen LogP contribution is -2.48. The largest absolute Gasteiger partial charge is 0.454 e. The highest BCUT2D eigenvalue weighted by Crippen LogP contribution is 2.32. The monoisotopic (exact) mass is 389 g/mol. The fraction of sp³-hybridized carbons (Fsp3) is 0.550. The van der Waals surface area contributed by atoms with Crippen LogP contribution in [0.3, 0.4) is 0 Å². The third-order valence-electron chi connectivity index (χ3n) is 5.01. The van der Waals surface area contributed by atoms with Gasteiger partial charge in [0.05, 0.1) is 31.6 Å². The number of hydrogen-bond acceptors (Lipinski definition) is 8. The van der Waals surface area contributed by atoms with E-state index < -0.39 is 6.10 Å². The van der Waals surface area contributed by atoms with Gasteiger partial charge in [0, 0.05) is 38.8 Å². The minimum Gasteiger partial charge on any atom is -0.454 e. The molecule has 0 saturated carbocycles. The predicted octanol–water partition coefficient (Wildman–Crippen LogP) is 1.41. The molecule has 1 atom stereocenters. The van der Waals surface area contributed by atoms with Crippen LogP contribution in [-0.4, -0.2) is 72.3 Å². The molecular formula is C20H27N3O5. The van der Waals surface area contributed by atoms with E-state index in [1.807, 2.05) is 31.2 Å². The van der Waals surface area contributed by atoms with Crippen molar-refractivity contribution in [1.82, 2.24) is 15.0 Å². The molecule has 0 radical (unpaired) electrons. The Kier molecular flexibility index (Phi) is 6.11. The van der Waals surface area contributed by atoms with Gasteiger partial charge in [-0.25, -0.2) is 0 Å². The van der Waals surface area contributed by atoms with Crippen LogP contribution in [-0.2, 0) is 17.9 Å². The van der Waals surface area contributed by atoms with Gasteiger partial charge in [-0.05, 0) is 24.6 Å². The molecule has 28 heavy (non-hydrogen) atoms. The molecule has 1 saturated heterocycles. The zero-order chi connectivity index (χ0) is 19.3. The number of benzene rings is 1. The van der Waals surface area contributed by atoms with Crippen LogP contribution < -0.4 is 9.47 Å². The highest BCUT2D eigenvalue weighted by molar-refractivity contribution is 5.44. The fourth-order valence-corrected chi connectivity index (χ4v) is 3.54. The first kappa shape index (κ1) is 19.2. The zero-order valence-corrected chi connectivity index (χ0v) is 16.2. The zero-order valence-electron chi connectivity index (χ0n) is 16.2. The van der Waals surface area contributed by atoms with Crippen LogP contribution in [0.5, 0.6) is 11.5 Å². The second kappa shape index (κ2) is 8.91. The van der Waals surface area contributed by atoms with E-state index in [-0.39, 0.29) is 6.79 Å². The molecule has 0 aliphatic carbocycles. The van der Waals surface area contributed by atoms with Crippen molar-refractivity contribution in [2.45, 2.75) is 26.2 Å². The Morgan fingerprint density at radius 1 is 1.11 bits per heavy atom. The first-order chi connectivity index (χ1) is 13.7. The lowest BCUT2D eigenvalue weighted by Gasteiger charge is -2.35. The summed E-state index contributed by atoms with van der Waals surface area (Å²) in [7, 11) is 0. The van der Waals surface area contributed by atoms with Gasteiger partial charge in [0.25, 0.3) is 0 Å². The number of nitrogens with zero attached hydrogens (tertiary/aromatic N) is 3. The van der Waals surface area contributed by atoms with Gasteiger partial charge in [-0.1, -0.05) is 11.2 Å². The van der Waals surface area contributed by atoms with Gasteiger partial charge in [0.1, 0.15) is 0 Å². The summed E-state index contributed by atoms with van der Waals surface area (Å²) in [6, 6.07) is 7.74. The standard InChI is InChI=1S/C20H27N3O5/c1-15-8-18(28-21-15)11-23-6-4-22(5-7-23)10-17(24)13-25-12-16-2-3-19-20(9-16)27-14-26-19/h2-3,8-9,17,24H,4-7,10-14H2,1H3/t17-/m0/s1. The molecule has 1 N–H and O–H groups in total. The lowest BCUT2D eigenvalue weighted by molar-refractivity contribution is 0.000351. The number of ether oxygens (including phenoxy) is 3. The van der Waals surface area contributed by atoms with E-state index in [1.54, 1.807) is 0 Å². The molecule has 8 nitrogen and oxygen atoms in total. The smallest absolute Gasteiger partial charge is 0.231 e. The maximum atomic E-state index is 10.3. The van der Waals surface area contributed by atoms with E-state index in [4.69, 9.17) is 18.7 Å². The molecule has 0 unspecified atom stereocenters. The number of aliphatic hydroxyl groups is 1. The van der Waals surface area contributed by atoms with Gasteiger partial charge in [-0.15, -0.1) is 0 Å². The minimum absolute atomic E-state index is 0.268. The van der Waals surface area contributed by atoms with Gasteiger partial charge >= 0.3 is 0 Å². The second-order valence-electron chi connectivity index (χ2n) is 7.37. The van der Waals surface area contributed by atoms with Crippen LogP contribution in [0.1, 0.15) is 17.0 Å². The molecule has 0 spiro atoms. The normalized spacial score (nSPS) is 18.5. The van der Waals surface area contributed by atoms with E-state index in [0.29, 0.717) is 19.8 Å². The van der Waals surface area contributed by atoms with Gasteiger partial charge in [-0.3, -0.25) is 9.80 Å². The summed E-state index contributed by atoms with van der Waals surface area (Å²) in [5.41, 5.74) is 1.92. The molecule has 152 valence electrons. The second-order valence-corrected chi connectivity index (χ2v) is 7.37. The summed E-state index contributed by atoms with van der Waals surface area (Å²) in [5.74, 6) is 2.42. The molecular weight excluding hydrogens is 362 g/mol. The average molecular weight is 389 g/mol. The predicted molar refractivity (Wildman–Crippen MR) is 101 cm³/mol. The van der Waals surface area contributed by atoms with Crippen molar-refractivity contribution in [3.63, 3.8) is 0 Å². The highest BCUT2D eigenvalue weighted by Gasteiger charge is 2.20. The Balaban J connectivity index is 1.13. The van der Waals surface area contributed by atoms with Gasteiger partial charge in [-0.2, -0.15) is 0 Å². The highest BCUT2D eigenvalue weighted by atomic mass is 16.7. The molecule has 1 aromatic heterocycles. The number of fused-ring (bicyclic) bond motifs is 1. The quantitative estimate of drug-likeness (QED) is 0.726. The summed E-state index contributed by atoms with van der Waals surface area (Å²) < 4.78 is 21.6. The van der Waals surface area contributed by atoms with E-state index in [0.717, 1.165) is 61.2 Å². The number of aliphatic hydroxyl groups excluding tert-OH is 1. The molecule has 1 aromatic carbocycles. The van der Waals surface area contributed by atoms with Crippen LogP contribution in [0, 0.1) is 6.92 Å². The average Bonchev–Trinajstić information content (AvgIpc) is 3.31. The number of rotatable bonds is 8. The summed E-state index contributed by atoms with van der Waals surface area (Å²) in [6.45, 7) is 8.11. The van der Waals surface area contributed by atoms with Crippen molar-refractivity contribution in [3.05, 3.63) is 41.3 Å². The molecule has 2 aliphatic rings. The first-order valence-electron chi connectivity index (χ1n) is 9.67. The van der Waals surface area contributed by atoms with Crippen LogP contribution >= 0.6 is 0 Å². The Morgan fingerprint density at radius 2 is 1.89 bits per heavy atom. The first-order valence-corrected chi connectivity index (χ1v) is 9.67. The Bertz CT molecular complexity index is 773. The number of β-amino-alcohol motifs (C(OH)–C–C–N with tert-alkyl or cyclic N) is 1. The SMILES string of the molecule is Cc1cc(CN2CCN(C[C@H](O)COCc3ccc4c(c3)OCO4)CC2)on1. The van der Waals surface area contributed by atoms with Gasteiger partial charge in [0.2, 0.25) is 6.79 Å². The molecule has 4 rings (SSSR count). The minimum atomic E-state index is -0.502. The number of hydrogen-bond donors (Lipinski definition) is 1. The molecule has 3 heterocycles. The van der Waals surface area contributed by atoms with E-state index >= 15 is 0 Å². The van der Waals surface area contributed by atoms with Crippen molar-refractivity contribution in [1.29, 1.82) is 0 Å². The molecule has 2 aromatic rings. The van der Waals surface area contributed by atoms with Crippen LogP contribution in [0.15, 0.2) is 28.8 Å². The number of aromatic nitrogens is 1. The fourth-order valence-electron chi connectivity index (χ4n) is 3.54. The van der Waals surface area contributed by atoms with Crippen molar-refractivity contribution >= 4 is 0 Å². The topological polar surface area (TPSA) is 80.4 Å². The van der Waals surface area contributed by atoms with E-state index in [2.05, 4.69) is 15.0 Å². The van der Waals surface area contributed by atoms with E-state index in [9.17, 15) is 5.11 Å². The summed E-state index contributed by atoms with van der Waals surface area (Å²) >= 11 is 0. The number of piperazine rings is 1. The van der Waals surface area contributed by atoms with Crippen LogP contribution in [0.25, 0.3) is 0 Å².